The Kier molecular flexibility index (Phi) is 4.28. The van der Waals surface area contributed by atoms with E-state index in [1.54, 1.807) is 31.2 Å². The largest absolute Gasteiger partial charge is 0.494 e. The lowest BCUT2D eigenvalue weighted by atomic mass is 9.94. The molecule has 0 spiro atoms. The Bertz CT molecular complexity index is 669. The third kappa shape index (κ3) is 2.72. The summed E-state index contributed by atoms with van der Waals surface area (Å²) in [4.78, 5) is 0. The van der Waals surface area contributed by atoms with Crippen molar-refractivity contribution in [1.82, 2.24) is 0 Å². The van der Waals surface area contributed by atoms with E-state index >= 15 is 0 Å². The van der Waals surface area contributed by atoms with Gasteiger partial charge in [0.15, 0.2) is 0 Å². The third-order valence-electron chi connectivity index (χ3n) is 3.31. The number of alkyl halides is 5. The molecular formula is C15H14F5NO. The summed E-state index contributed by atoms with van der Waals surface area (Å²) in [7, 11) is 0. The van der Waals surface area contributed by atoms with Crippen LogP contribution in [0, 0.1) is 0 Å². The van der Waals surface area contributed by atoms with Crippen molar-refractivity contribution in [2.45, 2.75) is 25.1 Å². The highest BCUT2D eigenvalue weighted by Crippen LogP contribution is 2.47. The molecule has 0 amide bonds. The SMILES string of the molecule is CCOc1ccc2ccccc2c1[C@@H](N)C(F)(F)C(F)(F)F. The van der Waals surface area contributed by atoms with Gasteiger partial charge in [-0.2, -0.15) is 22.0 Å². The lowest BCUT2D eigenvalue weighted by molar-refractivity contribution is -0.290. The second kappa shape index (κ2) is 5.72. The van der Waals surface area contributed by atoms with Gasteiger partial charge in [0.05, 0.1) is 6.61 Å². The Hall–Kier alpha value is -1.89. The zero-order chi connectivity index (χ0) is 16.5. The fourth-order valence-corrected chi connectivity index (χ4v) is 2.24. The Morgan fingerprint density at radius 3 is 2.27 bits per heavy atom. The fourth-order valence-electron chi connectivity index (χ4n) is 2.24. The van der Waals surface area contributed by atoms with Crippen molar-refractivity contribution >= 4 is 10.8 Å². The number of hydrogen-bond donors (Lipinski definition) is 1. The van der Waals surface area contributed by atoms with Crippen molar-refractivity contribution < 1.29 is 26.7 Å². The maximum Gasteiger partial charge on any atom is 0.455 e. The van der Waals surface area contributed by atoms with E-state index in [9.17, 15) is 22.0 Å². The molecule has 22 heavy (non-hydrogen) atoms. The molecule has 0 bridgehead atoms. The van der Waals surface area contributed by atoms with Crippen LogP contribution in [0.5, 0.6) is 5.75 Å². The van der Waals surface area contributed by atoms with Gasteiger partial charge in [-0.05, 0) is 23.8 Å². The summed E-state index contributed by atoms with van der Waals surface area (Å²) < 4.78 is 70.3. The number of ether oxygens (including phenoxy) is 1. The molecule has 0 saturated heterocycles. The van der Waals surface area contributed by atoms with E-state index in [0.717, 1.165) is 0 Å². The van der Waals surface area contributed by atoms with E-state index in [4.69, 9.17) is 10.5 Å². The quantitative estimate of drug-likeness (QED) is 0.846. The molecule has 2 aromatic carbocycles. The molecule has 120 valence electrons. The molecule has 1 atom stereocenters. The van der Waals surface area contributed by atoms with Crippen molar-refractivity contribution in [3.8, 4) is 5.75 Å². The van der Waals surface area contributed by atoms with Crippen LogP contribution in [-0.4, -0.2) is 18.7 Å². The van der Waals surface area contributed by atoms with Gasteiger partial charge in [-0.3, -0.25) is 0 Å². The summed E-state index contributed by atoms with van der Waals surface area (Å²) in [6.45, 7) is 1.72. The first-order valence-electron chi connectivity index (χ1n) is 6.54. The predicted molar refractivity (Wildman–Crippen MR) is 73.0 cm³/mol. The molecule has 0 aliphatic carbocycles. The summed E-state index contributed by atoms with van der Waals surface area (Å²) in [5.41, 5.74) is 4.96. The standard InChI is InChI=1S/C15H14F5NO/c1-2-22-11-8-7-9-5-3-4-6-10(9)12(11)13(21)14(16,17)15(18,19)20/h3-8,13H,2,21H2,1H3/t13-/m1/s1. The van der Waals surface area contributed by atoms with Crippen LogP contribution in [0.2, 0.25) is 0 Å². The molecule has 2 aromatic rings. The molecule has 2 N–H and O–H groups in total. The molecule has 0 aliphatic heterocycles. The highest BCUT2D eigenvalue weighted by molar-refractivity contribution is 5.88. The average Bonchev–Trinajstić information content (AvgIpc) is 2.45. The lowest BCUT2D eigenvalue weighted by Gasteiger charge is -2.28. The number of halogens is 5. The van der Waals surface area contributed by atoms with Crippen molar-refractivity contribution in [3.63, 3.8) is 0 Å². The highest BCUT2D eigenvalue weighted by Gasteiger charge is 2.62. The molecule has 0 unspecified atom stereocenters. The zero-order valence-electron chi connectivity index (χ0n) is 11.6. The molecule has 0 saturated carbocycles. The zero-order valence-corrected chi connectivity index (χ0v) is 11.6. The first-order valence-corrected chi connectivity index (χ1v) is 6.54. The fraction of sp³-hybridized carbons (Fsp3) is 0.333. The topological polar surface area (TPSA) is 35.2 Å². The number of hydrogen-bond acceptors (Lipinski definition) is 2. The minimum absolute atomic E-state index is 0.0716. The molecule has 0 radical (unpaired) electrons. The maximum atomic E-state index is 13.7. The summed E-state index contributed by atoms with van der Waals surface area (Å²) in [5, 5.41) is 0.722. The number of benzene rings is 2. The van der Waals surface area contributed by atoms with Crippen LogP contribution >= 0.6 is 0 Å². The average molecular weight is 319 g/mol. The molecular weight excluding hydrogens is 305 g/mol. The minimum Gasteiger partial charge on any atom is -0.494 e. The van der Waals surface area contributed by atoms with Crippen molar-refractivity contribution in [2.24, 2.45) is 5.73 Å². The van der Waals surface area contributed by atoms with Crippen LogP contribution in [-0.2, 0) is 0 Å². The van der Waals surface area contributed by atoms with Gasteiger partial charge in [-0.15, -0.1) is 0 Å². The summed E-state index contributed by atoms with van der Waals surface area (Å²) in [6.07, 6.45) is -5.74. The molecule has 7 heteroatoms. The van der Waals surface area contributed by atoms with Gasteiger partial charge in [-0.1, -0.05) is 30.3 Å². The van der Waals surface area contributed by atoms with Crippen LogP contribution in [0.1, 0.15) is 18.5 Å². The van der Waals surface area contributed by atoms with E-state index in [0.29, 0.717) is 5.39 Å². The number of fused-ring (bicyclic) bond motifs is 1. The van der Waals surface area contributed by atoms with Gasteiger partial charge in [0.25, 0.3) is 0 Å². The molecule has 0 aliphatic rings. The number of rotatable bonds is 4. The summed E-state index contributed by atoms with van der Waals surface area (Å²) in [5.74, 6) is -5.14. The number of nitrogens with two attached hydrogens (primary N) is 1. The normalized spacial score (nSPS) is 14.1. The van der Waals surface area contributed by atoms with E-state index < -0.39 is 18.1 Å². The molecule has 0 aromatic heterocycles. The first-order chi connectivity index (χ1) is 10.2. The summed E-state index contributed by atoms with van der Waals surface area (Å²) in [6, 6.07) is 6.63. The third-order valence-corrected chi connectivity index (χ3v) is 3.31. The van der Waals surface area contributed by atoms with Crippen LogP contribution in [0.15, 0.2) is 36.4 Å². The highest BCUT2D eigenvalue weighted by atomic mass is 19.4. The van der Waals surface area contributed by atoms with Gasteiger partial charge in [0, 0.05) is 5.56 Å². The monoisotopic (exact) mass is 319 g/mol. The van der Waals surface area contributed by atoms with Crippen LogP contribution in [0.3, 0.4) is 0 Å². The van der Waals surface area contributed by atoms with Crippen molar-refractivity contribution in [1.29, 1.82) is 0 Å². The Morgan fingerprint density at radius 2 is 1.68 bits per heavy atom. The van der Waals surface area contributed by atoms with Gasteiger partial charge < -0.3 is 10.5 Å². The Morgan fingerprint density at radius 1 is 1.05 bits per heavy atom. The van der Waals surface area contributed by atoms with Gasteiger partial charge in [0.1, 0.15) is 11.8 Å². The predicted octanol–water partition coefficient (Wildman–Crippen LogP) is 4.44. The first kappa shape index (κ1) is 16.5. The molecule has 0 fully saturated rings. The lowest BCUT2D eigenvalue weighted by Crippen LogP contribution is -2.46. The molecule has 2 nitrogen and oxygen atoms in total. The van der Waals surface area contributed by atoms with Crippen LogP contribution < -0.4 is 10.5 Å². The van der Waals surface area contributed by atoms with Gasteiger partial charge in [-0.25, -0.2) is 0 Å². The smallest absolute Gasteiger partial charge is 0.455 e. The minimum atomic E-state index is -5.74. The van der Waals surface area contributed by atoms with Crippen LogP contribution in [0.4, 0.5) is 22.0 Å². The van der Waals surface area contributed by atoms with Gasteiger partial charge >= 0.3 is 12.1 Å². The van der Waals surface area contributed by atoms with E-state index in [2.05, 4.69) is 0 Å². The van der Waals surface area contributed by atoms with Crippen LogP contribution in [0.25, 0.3) is 10.8 Å². The van der Waals surface area contributed by atoms with E-state index in [1.165, 1.54) is 12.1 Å². The molecule has 0 heterocycles. The summed E-state index contributed by atoms with van der Waals surface area (Å²) >= 11 is 0. The Balaban J connectivity index is 2.68. The van der Waals surface area contributed by atoms with Gasteiger partial charge in [0.2, 0.25) is 0 Å². The van der Waals surface area contributed by atoms with Crippen molar-refractivity contribution in [2.75, 3.05) is 6.61 Å². The second-order valence-electron chi connectivity index (χ2n) is 4.73. The van der Waals surface area contributed by atoms with E-state index in [-0.39, 0.29) is 23.3 Å². The van der Waals surface area contributed by atoms with Crippen molar-refractivity contribution in [3.05, 3.63) is 42.0 Å². The maximum absolute atomic E-state index is 13.7. The van der Waals surface area contributed by atoms with E-state index in [1.807, 2.05) is 0 Å². The molecule has 2 rings (SSSR count). The second-order valence-corrected chi connectivity index (χ2v) is 4.73. The Labute approximate surface area is 123 Å².